The van der Waals surface area contributed by atoms with Crippen molar-refractivity contribution in [2.75, 3.05) is 0 Å². The lowest BCUT2D eigenvalue weighted by Crippen LogP contribution is -2.29. The summed E-state index contributed by atoms with van der Waals surface area (Å²) in [5.41, 5.74) is -0.162. The van der Waals surface area contributed by atoms with E-state index in [1.165, 1.54) is 6.08 Å². The normalized spacial score (nSPS) is 10.5. The van der Waals surface area contributed by atoms with Crippen LogP contribution in [0, 0.1) is 5.41 Å². The van der Waals surface area contributed by atoms with Gasteiger partial charge in [0.15, 0.2) is 0 Å². The third-order valence-corrected chi connectivity index (χ3v) is 2.09. The van der Waals surface area contributed by atoms with Crippen LogP contribution in [-0.4, -0.2) is 11.9 Å². The van der Waals surface area contributed by atoms with Crippen molar-refractivity contribution < 1.29 is 14.3 Å². The molecule has 0 spiro atoms. The zero-order chi connectivity index (χ0) is 11.4. The lowest BCUT2D eigenvalue weighted by atomic mass is 9.86. The van der Waals surface area contributed by atoms with Crippen LogP contribution in [0.3, 0.4) is 0 Å². The van der Waals surface area contributed by atoms with E-state index in [1.54, 1.807) is 20.8 Å². The van der Waals surface area contributed by atoms with Gasteiger partial charge in [-0.05, 0) is 20.8 Å². The van der Waals surface area contributed by atoms with E-state index in [9.17, 15) is 9.59 Å². The van der Waals surface area contributed by atoms with Crippen LogP contribution in [0.15, 0.2) is 24.8 Å². The molecule has 0 heterocycles. The third-order valence-electron chi connectivity index (χ3n) is 2.09. The Morgan fingerprint density at radius 3 is 2.29 bits per heavy atom. The minimum absolute atomic E-state index is 0.0397. The smallest absolute Gasteiger partial charge is 0.323 e. The topological polar surface area (TPSA) is 43.4 Å². The molecule has 0 atom stereocenters. The van der Waals surface area contributed by atoms with Crippen molar-refractivity contribution in [2.45, 2.75) is 27.2 Å². The molecule has 0 aromatic heterocycles. The number of rotatable bonds is 4. The molecule has 0 amide bonds. The summed E-state index contributed by atoms with van der Waals surface area (Å²) < 4.78 is 4.61. The quantitative estimate of drug-likeness (QED) is 0.393. The highest BCUT2D eigenvalue weighted by Crippen LogP contribution is 2.25. The van der Waals surface area contributed by atoms with E-state index in [-0.39, 0.29) is 6.42 Å². The molecular formula is C11H16O3. The van der Waals surface area contributed by atoms with Crippen LogP contribution in [0.1, 0.15) is 27.2 Å². The van der Waals surface area contributed by atoms with Crippen LogP contribution in [-0.2, 0) is 14.3 Å². The zero-order valence-corrected chi connectivity index (χ0v) is 8.92. The number of ether oxygens (including phenoxy) is 1. The summed E-state index contributed by atoms with van der Waals surface area (Å²) in [4.78, 5) is 22.4. The number of hydrogen-bond donors (Lipinski definition) is 0. The number of carbonyl (C=O) groups excluding carboxylic acids is 2. The summed E-state index contributed by atoms with van der Waals surface area (Å²) in [6.45, 7) is 12.1. The molecule has 0 fully saturated rings. The van der Waals surface area contributed by atoms with Gasteiger partial charge in [-0.1, -0.05) is 18.2 Å². The minimum atomic E-state index is -0.823. The Labute approximate surface area is 84.4 Å². The molecule has 14 heavy (non-hydrogen) atoms. The SMILES string of the molecule is C=CCC(=O)OC(=O)C(C)(C)C(=C)C. The van der Waals surface area contributed by atoms with Crippen LogP contribution >= 0.6 is 0 Å². The van der Waals surface area contributed by atoms with E-state index >= 15 is 0 Å². The van der Waals surface area contributed by atoms with Crippen molar-refractivity contribution in [3.63, 3.8) is 0 Å². The molecule has 0 rings (SSSR count). The maximum atomic E-state index is 11.5. The molecule has 0 aromatic carbocycles. The molecule has 0 aromatic rings. The van der Waals surface area contributed by atoms with Gasteiger partial charge in [-0.15, -0.1) is 6.58 Å². The molecule has 0 saturated heterocycles. The average Bonchev–Trinajstić information content (AvgIpc) is 2.03. The molecule has 0 radical (unpaired) electrons. The van der Waals surface area contributed by atoms with Crippen LogP contribution in [0.2, 0.25) is 0 Å². The first-order chi connectivity index (χ1) is 6.32. The number of hydrogen-bond acceptors (Lipinski definition) is 3. The first-order valence-electron chi connectivity index (χ1n) is 4.34. The summed E-state index contributed by atoms with van der Waals surface area (Å²) in [6, 6.07) is 0. The molecule has 0 aliphatic carbocycles. The summed E-state index contributed by atoms with van der Waals surface area (Å²) in [5.74, 6) is -1.16. The van der Waals surface area contributed by atoms with E-state index in [0.717, 1.165) is 0 Å². The average molecular weight is 196 g/mol. The van der Waals surface area contributed by atoms with Crippen LogP contribution in [0.4, 0.5) is 0 Å². The maximum Gasteiger partial charge on any atom is 0.323 e. The molecular weight excluding hydrogens is 180 g/mol. The van der Waals surface area contributed by atoms with E-state index in [1.807, 2.05) is 0 Å². The fourth-order valence-corrected chi connectivity index (χ4v) is 0.565. The van der Waals surface area contributed by atoms with E-state index < -0.39 is 17.4 Å². The molecule has 0 saturated carbocycles. The third kappa shape index (κ3) is 3.17. The molecule has 0 N–H and O–H groups in total. The molecule has 3 nitrogen and oxygen atoms in total. The fraction of sp³-hybridized carbons (Fsp3) is 0.455. The van der Waals surface area contributed by atoms with Gasteiger partial charge < -0.3 is 4.74 Å². The van der Waals surface area contributed by atoms with Crippen LogP contribution < -0.4 is 0 Å². The van der Waals surface area contributed by atoms with Crippen molar-refractivity contribution in [1.29, 1.82) is 0 Å². The minimum Gasteiger partial charge on any atom is -0.392 e. The number of esters is 2. The van der Waals surface area contributed by atoms with Gasteiger partial charge in [-0.25, -0.2) is 0 Å². The lowest BCUT2D eigenvalue weighted by molar-refractivity contribution is -0.164. The Balaban J connectivity index is 4.42. The lowest BCUT2D eigenvalue weighted by Gasteiger charge is -2.21. The summed E-state index contributed by atoms with van der Waals surface area (Å²) in [7, 11) is 0. The van der Waals surface area contributed by atoms with Gasteiger partial charge in [0.1, 0.15) is 0 Å². The van der Waals surface area contributed by atoms with E-state index in [0.29, 0.717) is 5.57 Å². The summed E-state index contributed by atoms with van der Waals surface area (Å²) >= 11 is 0. The second kappa shape index (κ2) is 4.74. The second-order valence-corrected chi connectivity index (χ2v) is 3.66. The molecule has 0 aliphatic heterocycles. The van der Waals surface area contributed by atoms with Gasteiger partial charge in [0.05, 0.1) is 11.8 Å². The van der Waals surface area contributed by atoms with Crippen molar-refractivity contribution >= 4 is 11.9 Å². The van der Waals surface area contributed by atoms with Crippen molar-refractivity contribution in [3.05, 3.63) is 24.8 Å². The first kappa shape index (κ1) is 12.6. The molecule has 0 unspecified atom stereocenters. The highest BCUT2D eigenvalue weighted by atomic mass is 16.6. The first-order valence-corrected chi connectivity index (χ1v) is 4.34. The van der Waals surface area contributed by atoms with Crippen molar-refractivity contribution in [2.24, 2.45) is 5.41 Å². The van der Waals surface area contributed by atoms with Crippen LogP contribution in [0.5, 0.6) is 0 Å². The van der Waals surface area contributed by atoms with E-state index in [2.05, 4.69) is 17.9 Å². The summed E-state index contributed by atoms with van der Waals surface area (Å²) in [6.07, 6.45) is 1.43. The van der Waals surface area contributed by atoms with E-state index in [4.69, 9.17) is 0 Å². The number of carbonyl (C=O) groups is 2. The van der Waals surface area contributed by atoms with Crippen LogP contribution in [0.25, 0.3) is 0 Å². The summed E-state index contributed by atoms with van der Waals surface area (Å²) in [5, 5.41) is 0. The molecule has 3 heteroatoms. The standard InChI is InChI=1S/C11H16O3/c1-6-7-9(12)14-10(13)11(4,5)8(2)3/h6H,1-2,7H2,3-5H3. The monoisotopic (exact) mass is 196 g/mol. The largest absolute Gasteiger partial charge is 0.392 e. The van der Waals surface area contributed by atoms with Crippen molar-refractivity contribution in [1.82, 2.24) is 0 Å². The Kier molecular flexibility index (Phi) is 4.28. The maximum absolute atomic E-state index is 11.5. The molecule has 78 valence electrons. The highest BCUT2D eigenvalue weighted by Gasteiger charge is 2.31. The van der Waals surface area contributed by atoms with Crippen molar-refractivity contribution in [3.8, 4) is 0 Å². The van der Waals surface area contributed by atoms with Gasteiger partial charge in [0.2, 0.25) is 0 Å². The van der Waals surface area contributed by atoms with Gasteiger partial charge >= 0.3 is 11.9 Å². The zero-order valence-electron chi connectivity index (χ0n) is 8.92. The fourth-order valence-electron chi connectivity index (χ4n) is 0.565. The van der Waals surface area contributed by atoms with Gasteiger partial charge in [0.25, 0.3) is 0 Å². The highest BCUT2D eigenvalue weighted by molar-refractivity contribution is 5.90. The van der Waals surface area contributed by atoms with Gasteiger partial charge in [-0.3, -0.25) is 9.59 Å². The molecule has 0 aliphatic rings. The Morgan fingerprint density at radius 1 is 1.43 bits per heavy atom. The van der Waals surface area contributed by atoms with Gasteiger partial charge in [-0.2, -0.15) is 0 Å². The Hall–Kier alpha value is -1.38. The van der Waals surface area contributed by atoms with Gasteiger partial charge in [0, 0.05) is 0 Å². The molecule has 0 bridgehead atoms. The Bertz CT molecular complexity index is 274. The second-order valence-electron chi connectivity index (χ2n) is 3.66. The predicted molar refractivity (Wildman–Crippen MR) is 54.5 cm³/mol. The Morgan fingerprint density at radius 2 is 1.93 bits per heavy atom. The predicted octanol–water partition coefficient (Wildman–Crippen LogP) is 2.23.